The monoisotopic (exact) mass is 305 g/mol. The molecule has 22 heavy (non-hydrogen) atoms. The van der Waals surface area contributed by atoms with Gasteiger partial charge in [0.2, 0.25) is 0 Å². The Morgan fingerprint density at radius 3 is 2.64 bits per heavy atom. The Morgan fingerprint density at radius 2 is 2.00 bits per heavy atom. The second-order valence-electron chi connectivity index (χ2n) is 5.02. The van der Waals surface area contributed by atoms with Gasteiger partial charge in [-0.15, -0.1) is 0 Å². The third-order valence-electron chi connectivity index (χ3n) is 3.71. The lowest BCUT2D eigenvalue weighted by molar-refractivity contribution is 0.268. The number of aliphatic hydroxyl groups is 1. The van der Waals surface area contributed by atoms with Crippen molar-refractivity contribution < 1.29 is 14.6 Å². The third-order valence-corrected chi connectivity index (χ3v) is 3.71. The molecule has 6 heteroatoms. The first-order valence-corrected chi connectivity index (χ1v) is 7.20. The number of aryl methyl sites for hydroxylation is 1. The minimum atomic E-state index is 0.0819. The Morgan fingerprint density at radius 1 is 1.23 bits per heavy atom. The summed E-state index contributed by atoms with van der Waals surface area (Å²) in [6.07, 6.45) is 0. The van der Waals surface area contributed by atoms with E-state index < -0.39 is 0 Å². The molecule has 1 heterocycles. The van der Waals surface area contributed by atoms with Crippen molar-refractivity contribution in [3.05, 3.63) is 35.2 Å². The topological polar surface area (TPSA) is 68.5 Å². The van der Waals surface area contributed by atoms with Crippen molar-refractivity contribution in [1.82, 2.24) is 9.78 Å². The third kappa shape index (κ3) is 3.33. The van der Waals surface area contributed by atoms with Gasteiger partial charge in [0.25, 0.3) is 0 Å². The summed E-state index contributed by atoms with van der Waals surface area (Å²) >= 11 is 0. The van der Waals surface area contributed by atoms with Crippen LogP contribution in [0.3, 0.4) is 0 Å². The Kier molecular flexibility index (Phi) is 5.27. The van der Waals surface area contributed by atoms with Crippen LogP contribution in [0.1, 0.15) is 17.0 Å². The molecule has 0 amide bonds. The molecule has 1 aromatic heterocycles. The SMILES string of the molecule is COc1ccc(OC)c(NCc2c(C)nn(CCO)c2C)c1. The Hall–Kier alpha value is -2.21. The lowest BCUT2D eigenvalue weighted by Gasteiger charge is -2.13. The van der Waals surface area contributed by atoms with Crippen LogP contribution in [-0.4, -0.2) is 35.7 Å². The van der Waals surface area contributed by atoms with Crippen molar-refractivity contribution in [1.29, 1.82) is 0 Å². The van der Waals surface area contributed by atoms with Gasteiger partial charge in [0.15, 0.2) is 0 Å². The van der Waals surface area contributed by atoms with Gasteiger partial charge >= 0.3 is 0 Å². The maximum absolute atomic E-state index is 9.07. The van der Waals surface area contributed by atoms with Gasteiger partial charge in [0.05, 0.1) is 38.8 Å². The van der Waals surface area contributed by atoms with Crippen LogP contribution in [0.25, 0.3) is 0 Å². The van der Waals surface area contributed by atoms with Gasteiger partial charge < -0.3 is 19.9 Å². The van der Waals surface area contributed by atoms with Crippen LogP contribution in [0.2, 0.25) is 0 Å². The number of ether oxygens (including phenoxy) is 2. The van der Waals surface area contributed by atoms with Gasteiger partial charge in [-0.25, -0.2) is 0 Å². The van der Waals surface area contributed by atoms with E-state index in [-0.39, 0.29) is 6.61 Å². The first-order valence-electron chi connectivity index (χ1n) is 7.20. The quantitative estimate of drug-likeness (QED) is 0.820. The van der Waals surface area contributed by atoms with Gasteiger partial charge in [-0.3, -0.25) is 4.68 Å². The van der Waals surface area contributed by atoms with E-state index in [4.69, 9.17) is 14.6 Å². The number of methoxy groups -OCH3 is 2. The molecule has 0 atom stereocenters. The minimum Gasteiger partial charge on any atom is -0.497 e. The number of hydrogen-bond donors (Lipinski definition) is 2. The molecule has 6 nitrogen and oxygen atoms in total. The van der Waals surface area contributed by atoms with E-state index in [1.54, 1.807) is 14.2 Å². The fraction of sp³-hybridized carbons (Fsp3) is 0.438. The molecule has 0 aliphatic heterocycles. The van der Waals surface area contributed by atoms with E-state index in [9.17, 15) is 0 Å². The number of rotatable bonds is 7. The number of aliphatic hydroxyl groups excluding tert-OH is 1. The van der Waals surface area contributed by atoms with Crippen molar-refractivity contribution in [2.45, 2.75) is 26.9 Å². The van der Waals surface area contributed by atoms with Crippen molar-refractivity contribution in [3.8, 4) is 11.5 Å². The molecule has 0 bridgehead atoms. The highest BCUT2D eigenvalue weighted by Crippen LogP contribution is 2.29. The van der Waals surface area contributed by atoms with Crippen LogP contribution >= 0.6 is 0 Å². The molecule has 0 unspecified atom stereocenters. The summed E-state index contributed by atoms with van der Waals surface area (Å²) < 4.78 is 12.4. The molecule has 0 saturated heterocycles. The predicted octanol–water partition coefficient (Wildman–Crippen LogP) is 2.12. The van der Waals surface area contributed by atoms with Gasteiger partial charge in [-0.05, 0) is 26.0 Å². The maximum atomic E-state index is 9.07. The number of aromatic nitrogens is 2. The van der Waals surface area contributed by atoms with Gasteiger partial charge in [-0.2, -0.15) is 5.10 Å². The number of hydrogen-bond acceptors (Lipinski definition) is 5. The molecule has 0 aliphatic rings. The molecule has 0 saturated carbocycles. The van der Waals surface area contributed by atoms with Crippen molar-refractivity contribution in [2.24, 2.45) is 0 Å². The molecular formula is C16H23N3O3. The van der Waals surface area contributed by atoms with E-state index in [2.05, 4.69) is 10.4 Å². The standard InChI is InChI=1S/C16H23N3O3/c1-11-14(12(2)19(18-11)7-8-20)10-17-15-9-13(21-3)5-6-16(15)22-4/h5-6,9,17,20H,7-8,10H2,1-4H3. The first-order chi connectivity index (χ1) is 10.6. The molecule has 120 valence electrons. The number of benzene rings is 1. The molecule has 1 aromatic carbocycles. The van der Waals surface area contributed by atoms with Gasteiger partial charge in [0.1, 0.15) is 11.5 Å². The normalized spacial score (nSPS) is 10.6. The van der Waals surface area contributed by atoms with Crippen molar-refractivity contribution in [2.75, 3.05) is 26.1 Å². The maximum Gasteiger partial charge on any atom is 0.142 e. The van der Waals surface area contributed by atoms with Crippen molar-refractivity contribution in [3.63, 3.8) is 0 Å². The smallest absolute Gasteiger partial charge is 0.142 e. The molecule has 0 aliphatic carbocycles. The van der Waals surface area contributed by atoms with Gasteiger partial charge in [0, 0.05) is 23.9 Å². The number of nitrogens with zero attached hydrogens (tertiary/aromatic N) is 2. The number of nitrogens with one attached hydrogen (secondary N) is 1. The van der Waals surface area contributed by atoms with E-state index in [0.717, 1.165) is 34.1 Å². The predicted molar refractivity (Wildman–Crippen MR) is 85.7 cm³/mol. The van der Waals surface area contributed by atoms with E-state index in [1.165, 1.54) is 0 Å². The molecule has 0 fully saturated rings. The van der Waals surface area contributed by atoms with Crippen LogP contribution in [0.5, 0.6) is 11.5 Å². The van der Waals surface area contributed by atoms with Crippen LogP contribution in [-0.2, 0) is 13.1 Å². The highest BCUT2D eigenvalue weighted by Gasteiger charge is 2.12. The molecule has 0 radical (unpaired) electrons. The molecular weight excluding hydrogens is 282 g/mol. The Bertz CT molecular complexity index is 638. The van der Waals surface area contributed by atoms with E-state index in [1.807, 2.05) is 36.7 Å². The number of anilines is 1. The first kappa shape index (κ1) is 16.2. The highest BCUT2D eigenvalue weighted by atomic mass is 16.5. The fourth-order valence-electron chi connectivity index (χ4n) is 2.44. The lowest BCUT2D eigenvalue weighted by Crippen LogP contribution is -2.07. The highest BCUT2D eigenvalue weighted by molar-refractivity contribution is 5.60. The van der Waals surface area contributed by atoms with Crippen LogP contribution < -0.4 is 14.8 Å². The Balaban J connectivity index is 2.19. The Labute approximate surface area is 130 Å². The zero-order valence-electron chi connectivity index (χ0n) is 13.5. The second kappa shape index (κ2) is 7.17. The summed E-state index contributed by atoms with van der Waals surface area (Å²) in [5.41, 5.74) is 4.01. The fourth-order valence-corrected chi connectivity index (χ4v) is 2.44. The average Bonchev–Trinajstić information content (AvgIpc) is 2.79. The van der Waals surface area contributed by atoms with Crippen LogP contribution in [0, 0.1) is 13.8 Å². The van der Waals surface area contributed by atoms with E-state index in [0.29, 0.717) is 13.1 Å². The molecule has 2 aromatic rings. The zero-order valence-corrected chi connectivity index (χ0v) is 13.5. The minimum absolute atomic E-state index is 0.0819. The second-order valence-corrected chi connectivity index (χ2v) is 5.02. The summed E-state index contributed by atoms with van der Waals surface area (Å²) in [5.74, 6) is 1.53. The zero-order chi connectivity index (χ0) is 16.1. The van der Waals surface area contributed by atoms with Crippen molar-refractivity contribution >= 4 is 5.69 Å². The summed E-state index contributed by atoms with van der Waals surface area (Å²) in [6, 6.07) is 5.64. The molecule has 2 N–H and O–H groups in total. The van der Waals surface area contributed by atoms with Gasteiger partial charge in [-0.1, -0.05) is 0 Å². The van der Waals surface area contributed by atoms with E-state index >= 15 is 0 Å². The summed E-state index contributed by atoms with van der Waals surface area (Å²) in [5, 5.41) is 16.9. The van der Waals surface area contributed by atoms with Crippen LogP contribution in [0.15, 0.2) is 18.2 Å². The largest absolute Gasteiger partial charge is 0.497 e. The summed E-state index contributed by atoms with van der Waals surface area (Å²) in [7, 11) is 3.28. The summed E-state index contributed by atoms with van der Waals surface area (Å²) in [4.78, 5) is 0. The average molecular weight is 305 g/mol. The van der Waals surface area contributed by atoms with Crippen LogP contribution in [0.4, 0.5) is 5.69 Å². The molecule has 0 spiro atoms. The molecule has 2 rings (SSSR count). The summed E-state index contributed by atoms with van der Waals surface area (Å²) in [6.45, 7) is 5.20. The lowest BCUT2D eigenvalue weighted by atomic mass is 10.2.